The molecule has 2 amide bonds. The van der Waals surface area contributed by atoms with Gasteiger partial charge in [0.2, 0.25) is 11.8 Å². The minimum absolute atomic E-state index is 0.00420. The molecule has 220 valence electrons. The van der Waals surface area contributed by atoms with Gasteiger partial charge in [0, 0.05) is 61.0 Å². The van der Waals surface area contributed by atoms with Crippen molar-refractivity contribution in [3.05, 3.63) is 58.6 Å². The normalized spacial score (nSPS) is 18.6. The number of rotatable bonds is 5. The first kappa shape index (κ1) is 28.3. The van der Waals surface area contributed by atoms with Crippen molar-refractivity contribution < 1.29 is 9.59 Å². The number of benzene rings is 1. The molecule has 0 unspecified atom stereocenters. The smallest absolute Gasteiger partial charge is 0.230 e. The quantitative estimate of drug-likeness (QED) is 0.348. The Balaban J connectivity index is 0.000000162. The van der Waals surface area contributed by atoms with Crippen LogP contribution in [0.25, 0.3) is 0 Å². The molecule has 42 heavy (non-hydrogen) atoms. The summed E-state index contributed by atoms with van der Waals surface area (Å²) in [5, 5.41) is 9.94. The van der Waals surface area contributed by atoms with E-state index in [1.54, 1.807) is 0 Å². The summed E-state index contributed by atoms with van der Waals surface area (Å²) in [6, 6.07) is 8.69. The fourth-order valence-electron chi connectivity index (χ4n) is 5.87. The third-order valence-corrected chi connectivity index (χ3v) is 8.58. The number of carbonyl (C=O) groups is 2. The number of nitrogens with two attached hydrogens (primary N) is 1. The van der Waals surface area contributed by atoms with E-state index in [2.05, 4.69) is 51.8 Å². The molecule has 0 spiro atoms. The number of halogens is 1. The monoisotopic (exact) mass is 590 g/mol. The molecular weight excluding hydrogens is 556 g/mol. The maximum Gasteiger partial charge on any atom is 0.230 e. The molecule has 12 nitrogen and oxygen atoms in total. The van der Waals surface area contributed by atoms with Crippen molar-refractivity contribution in [1.82, 2.24) is 25.3 Å². The van der Waals surface area contributed by atoms with Gasteiger partial charge in [0.25, 0.3) is 0 Å². The molecule has 2 fully saturated rings. The summed E-state index contributed by atoms with van der Waals surface area (Å²) >= 11 is 6.22. The lowest BCUT2D eigenvalue weighted by Gasteiger charge is -2.34. The third kappa shape index (κ3) is 6.30. The lowest BCUT2D eigenvalue weighted by Crippen LogP contribution is -2.43. The molecule has 7 rings (SSSR count). The number of hydrogen-bond donors (Lipinski definition) is 4. The first-order chi connectivity index (χ1) is 20.4. The number of nitrogens with one attached hydrogen (secondary N) is 3. The summed E-state index contributed by atoms with van der Waals surface area (Å²) in [6.45, 7) is 4.42. The van der Waals surface area contributed by atoms with Crippen molar-refractivity contribution in [3.8, 4) is 0 Å². The zero-order chi connectivity index (χ0) is 29.1. The Hall–Kier alpha value is -3.87. The Bertz CT molecular complexity index is 1450. The van der Waals surface area contributed by atoms with Crippen LogP contribution in [0.2, 0.25) is 5.02 Å². The second-order valence-electron chi connectivity index (χ2n) is 11.1. The molecule has 4 aliphatic rings. The van der Waals surface area contributed by atoms with Crippen LogP contribution < -0.4 is 31.5 Å². The van der Waals surface area contributed by atoms with Gasteiger partial charge >= 0.3 is 0 Å². The topological polar surface area (TPSA) is 154 Å². The molecule has 1 aromatic carbocycles. The fraction of sp³-hybridized carbons (Fsp3) is 0.448. The first-order valence-corrected chi connectivity index (χ1v) is 14.8. The van der Waals surface area contributed by atoms with Crippen LogP contribution in [-0.2, 0) is 29.0 Å². The minimum Gasteiger partial charge on any atom is -0.356 e. The van der Waals surface area contributed by atoms with Crippen LogP contribution >= 0.6 is 11.6 Å². The van der Waals surface area contributed by atoms with Crippen LogP contribution in [0.1, 0.15) is 42.4 Å². The molecule has 4 aliphatic heterocycles. The molecule has 0 bridgehead atoms. The second kappa shape index (κ2) is 12.6. The maximum absolute atomic E-state index is 11.6. The first-order valence-electron chi connectivity index (χ1n) is 14.4. The van der Waals surface area contributed by atoms with Crippen LogP contribution in [0.5, 0.6) is 0 Å². The van der Waals surface area contributed by atoms with Gasteiger partial charge < -0.3 is 31.5 Å². The van der Waals surface area contributed by atoms with Crippen LogP contribution in [0.15, 0.2) is 36.9 Å². The maximum atomic E-state index is 11.6. The Morgan fingerprint density at radius 3 is 1.88 bits per heavy atom. The van der Waals surface area contributed by atoms with Gasteiger partial charge in [-0.3, -0.25) is 9.59 Å². The molecule has 2 saturated heterocycles. The lowest BCUT2D eigenvalue weighted by molar-refractivity contribution is -0.115. The predicted molar refractivity (Wildman–Crippen MR) is 162 cm³/mol. The summed E-state index contributed by atoms with van der Waals surface area (Å²) in [7, 11) is 0. The zero-order valence-corrected chi connectivity index (χ0v) is 24.1. The van der Waals surface area contributed by atoms with E-state index in [-0.39, 0.29) is 11.8 Å². The number of carbonyl (C=O) groups excluding carboxylic acids is 2. The Labute approximate surface area is 249 Å². The molecule has 0 aliphatic carbocycles. The molecule has 5 N–H and O–H groups in total. The number of aromatic nitrogens is 4. The van der Waals surface area contributed by atoms with Crippen LogP contribution in [0, 0.1) is 0 Å². The van der Waals surface area contributed by atoms with Gasteiger partial charge in [-0.1, -0.05) is 29.8 Å². The van der Waals surface area contributed by atoms with Crippen LogP contribution in [0.3, 0.4) is 0 Å². The van der Waals surface area contributed by atoms with E-state index in [1.807, 2.05) is 18.2 Å². The SMILES string of the molecule is NC1CCN(c2ncnc3c2CC(=O)N3)CC1.O=C1Cc2c(ncnc2N2CCC(NCc3ccccc3Cl)CC2)N1. The summed E-state index contributed by atoms with van der Waals surface area (Å²) in [5.74, 6) is 3.10. The van der Waals surface area contributed by atoms with Gasteiger partial charge in [-0.2, -0.15) is 0 Å². The second-order valence-corrected chi connectivity index (χ2v) is 11.5. The van der Waals surface area contributed by atoms with Gasteiger partial charge in [-0.15, -0.1) is 0 Å². The van der Waals surface area contributed by atoms with E-state index in [9.17, 15) is 9.59 Å². The predicted octanol–water partition coefficient (Wildman–Crippen LogP) is 2.28. The third-order valence-electron chi connectivity index (χ3n) is 8.21. The number of anilines is 4. The highest BCUT2D eigenvalue weighted by Crippen LogP contribution is 2.31. The van der Waals surface area contributed by atoms with Crippen LogP contribution in [0.4, 0.5) is 23.3 Å². The van der Waals surface area contributed by atoms with E-state index in [1.165, 1.54) is 12.7 Å². The fourth-order valence-corrected chi connectivity index (χ4v) is 6.07. The molecular formula is C29H35ClN10O2. The summed E-state index contributed by atoms with van der Waals surface area (Å²) < 4.78 is 0. The van der Waals surface area contributed by atoms with Gasteiger partial charge in [0.1, 0.15) is 35.9 Å². The van der Waals surface area contributed by atoms with Crippen molar-refractivity contribution in [1.29, 1.82) is 0 Å². The number of piperidine rings is 2. The number of amides is 2. The Morgan fingerprint density at radius 2 is 1.33 bits per heavy atom. The molecule has 0 radical (unpaired) electrons. The van der Waals surface area contributed by atoms with Gasteiger partial charge in [0.15, 0.2) is 0 Å². The summed E-state index contributed by atoms with van der Waals surface area (Å²) in [4.78, 5) is 44.4. The largest absolute Gasteiger partial charge is 0.356 e. The molecule has 3 aromatic rings. The van der Waals surface area contributed by atoms with Crippen molar-refractivity contribution in [3.63, 3.8) is 0 Å². The Morgan fingerprint density at radius 1 is 0.810 bits per heavy atom. The van der Waals surface area contributed by atoms with Crippen LogP contribution in [-0.4, -0.2) is 70.0 Å². The number of fused-ring (bicyclic) bond motifs is 2. The zero-order valence-electron chi connectivity index (χ0n) is 23.4. The van der Waals surface area contributed by atoms with Crippen molar-refractivity contribution in [2.45, 2.75) is 57.2 Å². The van der Waals surface area contributed by atoms with Crippen molar-refractivity contribution >= 4 is 46.7 Å². The molecule has 6 heterocycles. The summed E-state index contributed by atoms with van der Waals surface area (Å²) in [5.41, 5.74) is 8.86. The van der Waals surface area contributed by atoms with E-state index >= 15 is 0 Å². The average Bonchev–Trinajstić information content (AvgIpc) is 3.58. The molecule has 13 heteroatoms. The average molecular weight is 591 g/mol. The minimum atomic E-state index is -0.00644. The summed E-state index contributed by atoms with van der Waals surface area (Å²) in [6.07, 6.45) is 7.80. The molecule has 0 saturated carbocycles. The molecule has 2 aromatic heterocycles. The van der Waals surface area contributed by atoms with Gasteiger partial charge in [-0.25, -0.2) is 19.9 Å². The molecule has 0 atom stereocenters. The van der Waals surface area contributed by atoms with E-state index in [4.69, 9.17) is 17.3 Å². The van der Waals surface area contributed by atoms with Crippen molar-refractivity contribution in [2.24, 2.45) is 5.73 Å². The highest BCUT2D eigenvalue weighted by molar-refractivity contribution is 6.31. The van der Waals surface area contributed by atoms with Crippen molar-refractivity contribution in [2.75, 3.05) is 46.6 Å². The highest BCUT2D eigenvalue weighted by Gasteiger charge is 2.29. The van der Waals surface area contributed by atoms with E-state index in [0.29, 0.717) is 36.6 Å². The van der Waals surface area contributed by atoms with Gasteiger partial charge in [0.05, 0.1) is 12.8 Å². The number of hydrogen-bond acceptors (Lipinski definition) is 10. The number of nitrogens with zero attached hydrogens (tertiary/aromatic N) is 6. The highest BCUT2D eigenvalue weighted by atomic mass is 35.5. The van der Waals surface area contributed by atoms with E-state index in [0.717, 1.165) is 91.8 Å². The standard InChI is InChI=1S/C18H20ClN5O.C11H15N5O/c19-15-4-2-1-3-12(15)10-20-13-5-7-24(8-6-13)18-14-9-16(25)23-17(14)21-11-22-18;12-7-1-3-16(4-2-7)11-8-5-9(17)15-10(8)13-6-14-11/h1-4,11,13,20H,5-10H2,(H,21,22,23,25);6-7H,1-5,12H2,(H,13,14,15,17). The van der Waals surface area contributed by atoms with Gasteiger partial charge in [-0.05, 0) is 37.3 Å². The van der Waals surface area contributed by atoms with E-state index < -0.39 is 0 Å². The lowest BCUT2D eigenvalue weighted by atomic mass is 10.0. The Kier molecular flexibility index (Phi) is 8.45.